The Morgan fingerprint density at radius 1 is 1.36 bits per heavy atom. The van der Waals surface area contributed by atoms with Crippen molar-refractivity contribution in [2.24, 2.45) is 0 Å². The molecule has 1 aliphatic rings. The van der Waals surface area contributed by atoms with Crippen LogP contribution in [0, 0.1) is 0 Å². The number of hydrogen-bond acceptors (Lipinski definition) is 3. The molecule has 1 rings (SSSR count). The van der Waals surface area contributed by atoms with Crippen molar-refractivity contribution in [1.29, 1.82) is 0 Å². The van der Waals surface area contributed by atoms with Crippen LogP contribution < -0.4 is 5.32 Å². The summed E-state index contributed by atoms with van der Waals surface area (Å²) >= 11 is 0. The van der Waals surface area contributed by atoms with Crippen molar-refractivity contribution >= 4 is 11.9 Å². The third kappa shape index (κ3) is 1.97. The zero-order valence-electron chi connectivity index (χ0n) is 7.27. The number of carbonyl (C=O) groups is 2. The topological polar surface area (TPSA) is 55.4 Å². The van der Waals surface area contributed by atoms with Crippen LogP contribution in [0.25, 0.3) is 0 Å². The lowest BCUT2D eigenvalue weighted by atomic mass is 10.2. The molecular weight excluding hydrogens is 203 g/mol. The Hall–Kier alpha value is -1.27. The molecule has 0 saturated heterocycles. The highest BCUT2D eigenvalue weighted by Crippen LogP contribution is 2.37. The Bertz CT molecular complexity index is 270. The van der Waals surface area contributed by atoms with Crippen molar-refractivity contribution < 1.29 is 27.5 Å². The van der Waals surface area contributed by atoms with E-state index < -0.39 is 23.6 Å². The third-order valence-electron chi connectivity index (χ3n) is 1.94. The van der Waals surface area contributed by atoms with Crippen LogP contribution in [0.5, 0.6) is 0 Å². The normalized spacial score (nSPS) is 18.6. The van der Waals surface area contributed by atoms with Crippen LogP contribution in [0.3, 0.4) is 0 Å². The largest absolute Gasteiger partial charge is 0.471 e. The van der Waals surface area contributed by atoms with E-state index in [9.17, 15) is 22.8 Å². The van der Waals surface area contributed by atoms with Gasteiger partial charge >= 0.3 is 18.1 Å². The second-order valence-electron chi connectivity index (χ2n) is 3.03. The lowest BCUT2D eigenvalue weighted by Crippen LogP contribution is -2.49. The summed E-state index contributed by atoms with van der Waals surface area (Å²) in [6.45, 7) is 0. The maximum atomic E-state index is 11.8. The van der Waals surface area contributed by atoms with Crippen molar-refractivity contribution in [1.82, 2.24) is 5.32 Å². The van der Waals surface area contributed by atoms with E-state index in [1.165, 1.54) is 0 Å². The second kappa shape index (κ2) is 3.14. The Balaban J connectivity index is 2.61. The molecule has 1 fully saturated rings. The summed E-state index contributed by atoms with van der Waals surface area (Å²) in [5.41, 5.74) is -1.44. The summed E-state index contributed by atoms with van der Waals surface area (Å²) < 4.78 is 39.7. The van der Waals surface area contributed by atoms with E-state index >= 15 is 0 Å². The van der Waals surface area contributed by atoms with Crippen LogP contribution in [-0.2, 0) is 14.3 Å². The first-order valence-corrected chi connectivity index (χ1v) is 3.79. The minimum absolute atomic E-state index is 0.182. The van der Waals surface area contributed by atoms with Crippen molar-refractivity contribution in [3.63, 3.8) is 0 Å². The molecule has 0 aromatic heterocycles. The maximum Gasteiger partial charge on any atom is 0.471 e. The molecule has 0 bridgehead atoms. The van der Waals surface area contributed by atoms with E-state index in [4.69, 9.17) is 0 Å². The van der Waals surface area contributed by atoms with Gasteiger partial charge in [-0.15, -0.1) is 0 Å². The van der Waals surface area contributed by atoms with Crippen LogP contribution in [-0.4, -0.2) is 30.7 Å². The molecule has 0 radical (unpaired) electrons. The smallest absolute Gasteiger partial charge is 0.467 e. The quantitative estimate of drug-likeness (QED) is 0.671. The number of methoxy groups -OCH3 is 1. The van der Waals surface area contributed by atoms with Gasteiger partial charge in [0.05, 0.1) is 7.11 Å². The number of halogens is 3. The number of ether oxygens (including phenoxy) is 1. The van der Waals surface area contributed by atoms with Gasteiger partial charge in [0.2, 0.25) is 0 Å². The standard InChI is InChI=1S/C7H8F3NO3/c1-14-5(13)6(2-3-6)11-4(12)7(8,9)10/h2-3H2,1H3,(H,11,12). The third-order valence-corrected chi connectivity index (χ3v) is 1.94. The molecule has 0 aromatic carbocycles. The van der Waals surface area contributed by atoms with E-state index in [1.54, 1.807) is 5.32 Å². The number of amides is 1. The Morgan fingerprint density at radius 3 is 2.14 bits per heavy atom. The molecule has 80 valence electrons. The number of hydrogen-bond donors (Lipinski definition) is 1. The first-order valence-electron chi connectivity index (χ1n) is 3.79. The van der Waals surface area contributed by atoms with Gasteiger partial charge in [0, 0.05) is 0 Å². The molecule has 14 heavy (non-hydrogen) atoms. The molecule has 0 unspecified atom stereocenters. The van der Waals surface area contributed by atoms with Crippen LogP contribution in [0.2, 0.25) is 0 Å². The predicted molar refractivity (Wildman–Crippen MR) is 38.2 cm³/mol. The van der Waals surface area contributed by atoms with Crippen molar-refractivity contribution in [3.8, 4) is 0 Å². The Morgan fingerprint density at radius 2 is 1.86 bits per heavy atom. The summed E-state index contributed by atoms with van der Waals surface area (Å²) in [6.07, 6.45) is -4.60. The van der Waals surface area contributed by atoms with Gasteiger partial charge in [-0.3, -0.25) is 4.79 Å². The molecule has 0 aromatic rings. The fourth-order valence-corrected chi connectivity index (χ4v) is 0.989. The minimum atomic E-state index is -4.97. The lowest BCUT2D eigenvalue weighted by Gasteiger charge is -2.15. The van der Waals surface area contributed by atoms with Gasteiger partial charge in [-0.1, -0.05) is 0 Å². The molecule has 4 nitrogen and oxygen atoms in total. The van der Waals surface area contributed by atoms with E-state index in [2.05, 4.69) is 4.74 Å². The van der Waals surface area contributed by atoms with Gasteiger partial charge in [-0.05, 0) is 12.8 Å². The van der Waals surface area contributed by atoms with E-state index in [-0.39, 0.29) is 12.8 Å². The molecule has 7 heteroatoms. The van der Waals surface area contributed by atoms with Crippen LogP contribution in [0.4, 0.5) is 13.2 Å². The Labute approximate surface area is 77.4 Å². The van der Waals surface area contributed by atoms with Crippen molar-refractivity contribution in [2.45, 2.75) is 24.6 Å². The maximum absolute atomic E-state index is 11.8. The Kier molecular flexibility index (Phi) is 2.43. The fourth-order valence-electron chi connectivity index (χ4n) is 0.989. The van der Waals surface area contributed by atoms with E-state index in [0.29, 0.717) is 0 Å². The van der Waals surface area contributed by atoms with Gasteiger partial charge in [-0.2, -0.15) is 13.2 Å². The number of carbonyl (C=O) groups excluding carboxylic acids is 2. The molecule has 1 aliphatic carbocycles. The SMILES string of the molecule is COC(=O)C1(NC(=O)C(F)(F)F)CC1. The molecule has 1 amide bonds. The summed E-state index contributed by atoms with van der Waals surface area (Å²) in [4.78, 5) is 21.5. The van der Waals surface area contributed by atoms with Crippen LogP contribution >= 0.6 is 0 Å². The van der Waals surface area contributed by atoms with Gasteiger partial charge in [0.1, 0.15) is 5.54 Å². The highest BCUT2D eigenvalue weighted by molar-refractivity contribution is 5.92. The van der Waals surface area contributed by atoms with Gasteiger partial charge in [0.15, 0.2) is 0 Å². The van der Waals surface area contributed by atoms with E-state index in [1.807, 2.05) is 0 Å². The first kappa shape index (κ1) is 10.8. The summed E-state index contributed by atoms with van der Waals surface area (Å²) in [5, 5.41) is 1.62. The molecule has 0 heterocycles. The number of rotatable bonds is 2. The number of nitrogens with one attached hydrogen (secondary N) is 1. The highest BCUT2D eigenvalue weighted by atomic mass is 19.4. The minimum Gasteiger partial charge on any atom is -0.467 e. The zero-order valence-corrected chi connectivity index (χ0v) is 7.27. The van der Waals surface area contributed by atoms with Gasteiger partial charge in [-0.25, -0.2) is 4.79 Å². The molecule has 1 N–H and O–H groups in total. The lowest BCUT2D eigenvalue weighted by molar-refractivity contribution is -0.176. The molecule has 0 aliphatic heterocycles. The van der Waals surface area contributed by atoms with Crippen molar-refractivity contribution in [2.75, 3.05) is 7.11 Å². The number of esters is 1. The fraction of sp³-hybridized carbons (Fsp3) is 0.714. The summed E-state index contributed by atoms with van der Waals surface area (Å²) in [7, 11) is 1.06. The number of alkyl halides is 3. The molecule has 0 spiro atoms. The summed E-state index contributed by atoms with van der Waals surface area (Å²) in [5.74, 6) is -2.95. The van der Waals surface area contributed by atoms with Crippen LogP contribution in [0.15, 0.2) is 0 Å². The average Bonchev–Trinajstić information content (AvgIpc) is 2.82. The predicted octanol–water partition coefficient (Wildman–Crippen LogP) is 0.370. The van der Waals surface area contributed by atoms with Gasteiger partial charge < -0.3 is 10.1 Å². The van der Waals surface area contributed by atoms with Crippen LogP contribution in [0.1, 0.15) is 12.8 Å². The molecular formula is C7H8F3NO3. The van der Waals surface area contributed by atoms with Gasteiger partial charge in [0.25, 0.3) is 0 Å². The monoisotopic (exact) mass is 211 g/mol. The van der Waals surface area contributed by atoms with E-state index in [0.717, 1.165) is 7.11 Å². The zero-order chi connectivity index (χ0) is 11.0. The molecule has 1 saturated carbocycles. The average molecular weight is 211 g/mol. The summed E-state index contributed by atoms with van der Waals surface area (Å²) in [6, 6.07) is 0. The molecule has 0 atom stereocenters. The van der Waals surface area contributed by atoms with Crippen molar-refractivity contribution in [3.05, 3.63) is 0 Å². The first-order chi connectivity index (χ1) is 6.32. The second-order valence-corrected chi connectivity index (χ2v) is 3.03. The highest BCUT2D eigenvalue weighted by Gasteiger charge is 2.55.